The molecule has 1 aliphatic rings. The molecule has 13 heteroatoms. The van der Waals surface area contributed by atoms with Gasteiger partial charge in [0.15, 0.2) is 0 Å². The number of rotatable bonds is 6. The Morgan fingerprint density at radius 2 is 1.81 bits per heavy atom. The lowest BCUT2D eigenvalue weighted by molar-refractivity contribution is -0.128. The van der Waals surface area contributed by atoms with E-state index < -0.39 is 44.5 Å². The summed E-state index contributed by atoms with van der Waals surface area (Å²) in [7, 11) is -6.02. The number of carboxylic acids is 1. The molecule has 0 saturated carbocycles. The highest BCUT2D eigenvalue weighted by atomic mass is 31.2. The van der Waals surface area contributed by atoms with E-state index in [0.29, 0.717) is 5.56 Å². The molecule has 0 aromatic heterocycles. The van der Waals surface area contributed by atoms with Crippen molar-refractivity contribution < 1.29 is 43.5 Å². The van der Waals surface area contributed by atoms with Crippen LogP contribution in [0.15, 0.2) is 42.5 Å². The maximum Gasteiger partial charge on any atom is 0.547 e. The SMILES string of the molecule is CC(=O)NC(C(=O)N[C@H]1Cc2cccc(C(=O)O)c2OB1O)c1ccc(P(=O)(O)O)cc1. The fourth-order valence-electron chi connectivity index (χ4n) is 3.35. The Morgan fingerprint density at radius 1 is 1.16 bits per heavy atom. The number of hydrogen-bond acceptors (Lipinski definition) is 6. The Hall–Kier alpha value is -3.18. The summed E-state index contributed by atoms with van der Waals surface area (Å²) in [6, 6.07) is 8.16. The molecule has 2 amide bonds. The van der Waals surface area contributed by atoms with Crippen molar-refractivity contribution in [2.75, 3.05) is 0 Å². The third-order valence-electron chi connectivity index (χ3n) is 4.85. The first-order chi connectivity index (χ1) is 15.0. The summed E-state index contributed by atoms with van der Waals surface area (Å²) in [6.07, 6.45) is 0.0767. The first kappa shape index (κ1) is 23.5. The van der Waals surface area contributed by atoms with Crippen molar-refractivity contribution in [3.8, 4) is 5.75 Å². The monoisotopic (exact) mass is 462 g/mol. The van der Waals surface area contributed by atoms with Crippen LogP contribution in [0.5, 0.6) is 5.75 Å². The van der Waals surface area contributed by atoms with Gasteiger partial charge in [-0.3, -0.25) is 14.2 Å². The van der Waals surface area contributed by atoms with Gasteiger partial charge in [0.1, 0.15) is 11.8 Å². The predicted octanol–water partition coefficient (Wildman–Crippen LogP) is -0.495. The van der Waals surface area contributed by atoms with E-state index in [0.717, 1.165) is 12.1 Å². The van der Waals surface area contributed by atoms with Crippen LogP contribution in [0, 0.1) is 0 Å². The number of amides is 2. The van der Waals surface area contributed by atoms with Crippen LogP contribution in [0.2, 0.25) is 0 Å². The van der Waals surface area contributed by atoms with E-state index in [-0.39, 0.29) is 28.6 Å². The molecule has 6 N–H and O–H groups in total. The van der Waals surface area contributed by atoms with E-state index in [9.17, 15) is 38.9 Å². The van der Waals surface area contributed by atoms with Crippen LogP contribution >= 0.6 is 7.60 Å². The van der Waals surface area contributed by atoms with Crippen LogP contribution in [-0.2, 0) is 20.6 Å². The van der Waals surface area contributed by atoms with Gasteiger partial charge in [-0.2, -0.15) is 0 Å². The fourth-order valence-corrected chi connectivity index (χ4v) is 3.88. The maximum absolute atomic E-state index is 12.9. The Labute approximate surface area is 182 Å². The number of benzene rings is 2. The normalized spacial score (nSPS) is 16.4. The van der Waals surface area contributed by atoms with E-state index in [1.54, 1.807) is 6.07 Å². The van der Waals surface area contributed by atoms with Gasteiger partial charge in [-0.25, -0.2) is 4.79 Å². The molecule has 3 rings (SSSR count). The Kier molecular flexibility index (Phi) is 6.70. The standard InChI is InChI=1S/C19H20BN2O9P/c1-10(23)21-16(11-5-7-13(8-6-11)32(28,29)30)18(24)22-15-9-12-3-2-4-14(19(25)26)17(12)31-20(15)27/h2-8,15-16,27H,9H2,1H3,(H,21,23)(H,22,24)(H,25,26)(H2,28,29,30)/t15-,16?/m0/s1. The molecule has 2 aromatic carbocycles. The third kappa shape index (κ3) is 5.17. The van der Waals surface area contributed by atoms with Gasteiger partial charge in [0.05, 0.1) is 16.8 Å². The van der Waals surface area contributed by atoms with Crippen LogP contribution in [0.1, 0.15) is 34.5 Å². The minimum absolute atomic E-state index is 0.0180. The van der Waals surface area contributed by atoms with Crippen LogP contribution in [0.3, 0.4) is 0 Å². The number of para-hydroxylation sites is 1. The molecule has 1 unspecified atom stereocenters. The lowest BCUT2D eigenvalue weighted by atomic mass is 9.72. The van der Waals surface area contributed by atoms with Gasteiger partial charge in [-0.15, -0.1) is 0 Å². The minimum atomic E-state index is -4.48. The highest BCUT2D eigenvalue weighted by Gasteiger charge is 2.39. The number of fused-ring (bicyclic) bond motifs is 1. The van der Waals surface area contributed by atoms with Gasteiger partial charge < -0.3 is 35.2 Å². The summed E-state index contributed by atoms with van der Waals surface area (Å²) in [5.41, 5.74) is 0.616. The summed E-state index contributed by atoms with van der Waals surface area (Å²) in [5, 5.41) is 24.4. The molecular formula is C19H20BN2O9P. The lowest BCUT2D eigenvalue weighted by Gasteiger charge is -2.30. The molecule has 0 radical (unpaired) electrons. The summed E-state index contributed by atoms with van der Waals surface area (Å²) < 4.78 is 16.7. The fraction of sp³-hybridized carbons (Fsp3) is 0.211. The topological polar surface area (TPSA) is 182 Å². The molecule has 32 heavy (non-hydrogen) atoms. The Morgan fingerprint density at radius 3 is 2.38 bits per heavy atom. The van der Waals surface area contributed by atoms with Crippen molar-refractivity contribution in [2.24, 2.45) is 0 Å². The third-order valence-corrected chi connectivity index (χ3v) is 5.82. The summed E-state index contributed by atoms with van der Waals surface area (Å²) >= 11 is 0. The molecule has 0 fully saturated rings. The van der Waals surface area contributed by atoms with Crippen molar-refractivity contribution in [3.63, 3.8) is 0 Å². The van der Waals surface area contributed by atoms with Crippen LogP contribution < -0.4 is 20.6 Å². The zero-order valence-electron chi connectivity index (χ0n) is 16.8. The molecule has 1 aliphatic heterocycles. The molecule has 0 saturated heterocycles. The highest BCUT2D eigenvalue weighted by Crippen LogP contribution is 2.33. The summed E-state index contributed by atoms with van der Waals surface area (Å²) in [4.78, 5) is 54.4. The number of carboxylic acid groups (broad SMARTS) is 1. The number of aromatic carboxylic acids is 1. The van der Waals surface area contributed by atoms with Crippen molar-refractivity contribution in [1.29, 1.82) is 0 Å². The summed E-state index contributed by atoms with van der Waals surface area (Å²) in [6.45, 7) is 1.20. The first-order valence-electron chi connectivity index (χ1n) is 9.41. The average Bonchev–Trinajstić information content (AvgIpc) is 2.71. The van der Waals surface area contributed by atoms with Gasteiger partial charge in [-0.1, -0.05) is 24.3 Å². The first-order valence-corrected chi connectivity index (χ1v) is 11.0. The van der Waals surface area contributed by atoms with E-state index in [2.05, 4.69) is 10.6 Å². The quantitative estimate of drug-likeness (QED) is 0.244. The number of carbonyl (C=O) groups is 3. The smallest absolute Gasteiger partial charge is 0.534 e. The molecule has 0 aliphatic carbocycles. The largest absolute Gasteiger partial charge is 0.547 e. The van der Waals surface area contributed by atoms with Crippen molar-refractivity contribution >= 4 is 37.8 Å². The van der Waals surface area contributed by atoms with Crippen LogP contribution in [0.25, 0.3) is 0 Å². The molecular weight excluding hydrogens is 442 g/mol. The molecule has 2 atom stereocenters. The molecule has 2 aromatic rings. The van der Waals surface area contributed by atoms with Gasteiger partial charge in [0.25, 0.3) is 0 Å². The second-order valence-electron chi connectivity index (χ2n) is 7.20. The second kappa shape index (κ2) is 9.13. The van der Waals surface area contributed by atoms with Gasteiger partial charge in [0.2, 0.25) is 11.8 Å². The van der Waals surface area contributed by atoms with E-state index in [1.807, 2.05) is 0 Å². The average molecular weight is 462 g/mol. The van der Waals surface area contributed by atoms with Crippen LogP contribution in [0.4, 0.5) is 0 Å². The predicted molar refractivity (Wildman–Crippen MR) is 112 cm³/mol. The van der Waals surface area contributed by atoms with Crippen LogP contribution in [-0.4, -0.2) is 50.8 Å². The molecule has 0 spiro atoms. The minimum Gasteiger partial charge on any atom is -0.534 e. The number of hydrogen-bond donors (Lipinski definition) is 6. The highest BCUT2D eigenvalue weighted by molar-refractivity contribution is 7.60. The molecule has 11 nitrogen and oxygen atoms in total. The molecule has 168 valence electrons. The second-order valence-corrected chi connectivity index (χ2v) is 8.80. The van der Waals surface area contributed by atoms with Gasteiger partial charge in [0, 0.05) is 6.92 Å². The Bertz CT molecular complexity index is 1100. The Balaban J connectivity index is 1.82. The zero-order chi connectivity index (χ0) is 23.6. The zero-order valence-corrected chi connectivity index (χ0v) is 17.7. The maximum atomic E-state index is 12.9. The van der Waals surface area contributed by atoms with E-state index in [4.69, 9.17) is 4.65 Å². The van der Waals surface area contributed by atoms with Crippen molar-refractivity contribution in [1.82, 2.24) is 10.6 Å². The van der Waals surface area contributed by atoms with Crippen molar-refractivity contribution in [3.05, 3.63) is 59.2 Å². The van der Waals surface area contributed by atoms with E-state index >= 15 is 0 Å². The molecule has 0 bridgehead atoms. The number of nitrogens with one attached hydrogen (secondary N) is 2. The number of carbonyl (C=O) groups excluding carboxylic acids is 2. The lowest BCUT2D eigenvalue weighted by Crippen LogP contribution is -2.55. The van der Waals surface area contributed by atoms with Gasteiger partial charge >= 0.3 is 20.7 Å². The van der Waals surface area contributed by atoms with E-state index in [1.165, 1.54) is 31.2 Å². The van der Waals surface area contributed by atoms with Gasteiger partial charge in [-0.05, 0) is 35.7 Å². The summed E-state index contributed by atoms with van der Waals surface area (Å²) in [5.74, 6) is -3.37. The molecule has 1 heterocycles. The van der Waals surface area contributed by atoms with Crippen molar-refractivity contribution in [2.45, 2.75) is 25.3 Å².